The molecule has 0 bridgehead atoms. The van der Waals surface area contributed by atoms with Crippen LogP contribution in [0, 0.1) is 5.82 Å². The van der Waals surface area contributed by atoms with Gasteiger partial charge in [0.2, 0.25) is 6.23 Å². The van der Waals surface area contributed by atoms with E-state index in [0.29, 0.717) is 6.61 Å². The number of ether oxygens (including phenoxy) is 2. The summed E-state index contributed by atoms with van der Waals surface area (Å²) in [6, 6.07) is 20.4. The first-order chi connectivity index (χ1) is 15.1. The molecular formula is C25H20BrFN2O2. The Balaban J connectivity index is 1.51. The van der Waals surface area contributed by atoms with Crippen LogP contribution in [-0.4, -0.2) is 17.3 Å². The highest BCUT2D eigenvalue weighted by molar-refractivity contribution is 9.10. The minimum atomic E-state index is -0.424. The Bertz CT molecular complexity index is 1150. The first-order valence-corrected chi connectivity index (χ1v) is 10.8. The van der Waals surface area contributed by atoms with E-state index in [0.717, 1.165) is 44.8 Å². The Labute approximate surface area is 188 Å². The summed E-state index contributed by atoms with van der Waals surface area (Å²) >= 11 is 3.57. The van der Waals surface area contributed by atoms with Gasteiger partial charge in [0.1, 0.15) is 23.9 Å². The molecular weight excluding hydrogens is 459 g/mol. The van der Waals surface area contributed by atoms with Crippen molar-refractivity contribution >= 4 is 21.6 Å². The predicted octanol–water partition coefficient (Wildman–Crippen LogP) is 6.40. The van der Waals surface area contributed by atoms with Crippen molar-refractivity contribution in [3.8, 4) is 11.5 Å². The highest BCUT2D eigenvalue weighted by Gasteiger charge is 2.41. The van der Waals surface area contributed by atoms with Crippen molar-refractivity contribution < 1.29 is 13.9 Å². The number of halogens is 2. The Hall–Kier alpha value is -3.12. The van der Waals surface area contributed by atoms with Crippen LogP contribution in [0.25, 0.3) is 0 Å². The molecule has 3 aromatic rings. The summed E-state index contributed by atoms with van der Waals surface area (Å²) in [6.45, 7) is 4.14. The molecule has 0 saturated carbocycles. The summed E-state index contributed by atoms with van der Waals surface area (Å²) in [5.41, 5.74) is 3.95. The van der Waals surface area contributed by atoms with Crippen molar-refractivity contribution in [3.05, 3.63) is 106 Å². The number of hydrogen-bond donors (Lipinski definition) is 0. The average Bonchev–Trinajstić information content (AvgIpc) is 3.24. The number of nitrogens with zero attached hydrogens (tertiary/aromatic N) is 2. The van der Waals surface area contributed by atoms with Gasteiger partial charge in [-0.25, -0.2) is 9.40 Å². The van der Waals surface area contributed by atoms with E-state index >= 15 is 0 Å². The molecule has 5 rings (SSSR count). The Morgan fingerprint density at radius 3 is 2.65 bits per heavy atom. The summed E-state index contributed by atoms with van der Waals surface area (Å²) in [4.78, 5) is 0. The predicted molar refractivity (Wildman–Crippen MR) is 122 cm³/mol. The minimum Gasteiger partial charge on any atom is -0.490 e. The van der Waals surface area contributed by atoms with Gasteiger partial charge in [0.25, 0.3) is 0 Å². The molecule has 0 N–H and O–H groups in total. The van der Waals surface area contributed by atoms with E-state index < -0.39 is 6.23 Å². The second kappa shape index (κ2) is 8.19. The zero-order chi connectivity index (χ0) is 21.4. The Morgan fingerprint density at radius 2 is 1.90 bits per heavy atom. The van der Waals surface area contributed by atoms with Crippen molar-refractivity contribution in [3.63, 3.8) is 0 Å². The van der Waals surface area contributed by atoms with E-state index in [-0.39, 0.29) is 11.9 Å². The van der Waals surface area contributed by atoms with E-state index in [1.807, 2.05) is 41.4 Å². The molecule has 0 aliphatic carbocycles. The molecule has 2 aliphatic rings. The van der Waals surface area contributed by atoms with Crippen LogP contribution < -0.4 is 9.47 Å². The molecule has 0 radical (unpaired) electrons. The highest BCUT2D eigenvalue weighted by atomic mass is 79.9. The molecule has 0 unspecified atom stereocenters. The van der Waals surface area contributed by atoms with Gasteiger partial charge in [-0.15, -0.1) is 0 Å². The first kappa shape index (κ1) is 19.8. The largest absolute Gasteiger partial charge is 0.490 e. The van der Waals surface area contributed by atoms with Gasteiger partial charge in [-0.3, -0.25) is 0 Å². The fourth-order valence-electron chi connectivity index (χ4n) is 3.98. The summed E-state index contributed by atoms with van der Waals surface area (Å²) in [5, 5.41) is 6.93. The zero-order valence-electron chi connectivity index (χ0n) is 16.7. The standard InChI is InChI=1S/C25H20BrFN2O2/c1-2-13-30-20-10-5-16(6-11-20)22-15-23-21-14-18(26)7-12-24(21)31-25(29(23)28-22)17-3-8-19(27)9-4-17/h2-12,14,23,25H,1,13,15H2/t23-,25+/m0/s1. The topological polar surface area (TPSA) is 34.1 Å². The second-order valence-electron chi connectivity index (χ2n) is 7.47. The SMILES string of the molecule is C=CCOc1ccc(C2=NN3[C@@H](c4ccc(F)cc4)Oc4ccc(Br)cc4[C@@H]3C2)cc1. The molecule has 0 spiro atoms. The maximum atomic E-state index is 13.5. The quantitative estimate of drug-likeness (QED) is 0.398. The molecule has 0 fully saturated rings. The molecule has 0 saturated heterocycles. The van der Waals surface area contributed by atoms with Crippen LogP contribution in [0.15, 0.2) is 89.0 Å². The van der Waals surface area contributed by atoms with Crippen molar-refractivity contribution in [2.24, 2.45) is 5.10 Å². The third-order valence-corrected chi connectivity index (χ3v) is 5.96. The van der Waals surface area contributed by atoms with Crippen molar-refractivity contribution in [2.75, 3.05) is 6.61 Å². The molecule has 2 heterocycles. The Kier molecular flexibility index (Phi) is 5.24. The summed E-state index contributed by atoms with van der Waals surface area (Å²) in [7, 11) is 0. The molecule has 2 aliphatic heterocycles. The maximum absolute atomic E-state index is 13.5. The van der Waals surface area contributed by atoms with Crippen molar-refractivity contribution in [1.29, 1.82) is 0 Å². The van der Waals surface area contributed by atoms with Crippen LogP contribution in [0.1, 0.15) is 35.4 Å². The maximum Gasteiger partial charge on any atom is 0.213 e. The molecule has 156 valence electrons. The van der Waals surface area contributed by atoms with Gasteiger partial charge in [0.05, 0.1) is 11.8 Å². The van der Waals surface area contributed by atoms with E-state index in [1.165, 1.54) is 12.1 Å². The van der Waals surface area contributed by atoms with E-state index in [4.69, 9.17) is 14.6 Å². The lowest BCUT2D eigenvalue weighted by Gasteiger charge is -2.38. The van der Waals surface area contributed by atoms with Crippen LogP contribution in [0.3, 0.4) is 0 Å². The normalized spacial score (nSPS) is 19.2. The monoisotopic (exact) mass is 478 g/mol. The number of benzene rings is 3. The summed E-state index contributed by atoms with van der Waals surface area (Å²) in [6.07, 6.45) is 2.04. The number of rotatable bonds is 5. The molecule has 0 aromatic heterocycles. The number of fused-ring (bicyclic) bond motifs is 3. The molecule has 3 aromatic carbocycles. The molecule has 4 nitrogen and oxygen atoms in total. The number of hydrogen-bond acceptors (Lipinski definition) is 4. The van der Waals surface area contributed by atoms with Gasteiger partial charge in [-0.1, -0.05) is 40.7 Å². The highest BCUT2D eigenvalue weighted by Crippen LogP contribution is 2.48. The Morgan fingerprint density at radius 1 is 1.13 bits per heavy atom. The molecule has 6 heteroatoms. The van der Waals surface area contributed by atoms with Crippen LogP contribution >= 0.6 is 15.9 Å². The van der Waals surface area contributed by atoms with E-state index in [2.05, 4.69) is 28.6 Å². The smallest absolute Gasteiger partial charge is 0.213 e. The lowest BCUT2D eigenvalue weighted by Crippen LogP contribution is -2.33. The van der Waals surface area contributed by atoms with Gasteiger partial charge < -0.3 is 9.47 Å². The fraction of sp³-hybridized carbons (Fsp3) is 0.160. The lowest BCUT2D eigenvalue weighted by molar-refractivity contribution is -0.0191. The molecule has 0 amide bonds. The van der Waals surface area contributed by atoms with Gasteiger partial charge >= 0.3 is 0 Å². The van der Waals surface area contributed by atoms with Crippen LogP contribution in [0.5, 0.6) is 11.5 Å². The third kappa shape index (κ3) is 3.83. The zero-order valence-corrected chi connectivity index (χ0v) is 18.3. The van der Waals surface area contributed by atoms with Crippen molar-refractivity contribution in [1.82, 2.24) is 5.01 Å². The van der Waals surface area contributed by atoms with Gasteiger partial charge in [0, 0.05) is 22.0 Å². The summed E-state index contributed by atoms with van der Waals surface area (Å²) < 4.78 is 26.4. The van der Waals surface area contributed by atoms with E-state index in [1.54, 1.807) is 18.2 Å². The van der Waals surface area contributed by atoms with Crippen LogP contribution in [-0.2, 0) is 0 Å². The average molecular weight is 479 g/mol. The fourth-order valence-corrected chi connectivity index (χ4v) is 4.36. The number of hydrazone groups is 1. The minimum absolute atomic E-state index is 0.0306. The van der Waals surface area contributed by atoms with E-state index in [9.17, 15) is 4.39 Å². The van der Waals surface area contributed by atoms with Crippen molar-refractivity contribution in [2.45, 2.75) is 18.7 Å². The molecule has 2 atom stereocenters. The molecule has 31 heavy (non-hydrogen) atoms. The second-order valence-corrected chi connectivity index (χ2v) is 8.39. The van der Waals surface area contributed by atoms with Gasteiger partial charge in [-0.2, -0.15) is 5.10 Å². The van der Waals surface area contributed by atoms with Gasteiger partial charge in [-0.05, 0) is 60.2 Å². The lowest BCUT2D eigenvalue weighted by atomic mass is 9.96. The van der Waals surface area contributed by atoms with Crippen LogP contribution in [0.2, 0.25) is 0 Å². The first-order valence-electron chi connectivity index (χ1n) is 10.0. The third-order valence-electron chi connectivity index (χ3n) is 5.46. The van der Waals surface area contributed by atoms with Gasteiger partial charge in [0.15, 0.2) is 0 Å². The van der Waals surface area contributed by atoms with Crippen LogP contribution in [0.4, 0.5) is 4.39 Å². The summed E-state index contributed by atoms with van der Waals surface area (Å²) in [5.74, 6) is 1.34.